The molecule has 80 valence electrons. The van der Waals surface area contributed by atoms with Crippen LogP contribution in [0.15, 0.2) is 36.4 Å². The van der Waals surface area contributed by atoms with Crippen molar-refractivity contribution in [2.75, 3.05) is 5.73 Å². The smallest absolute Gasteiger partial charge is 0.150 e. The van der Waals surface area contributed by atoms with Crippen LogP contribution in [-0.2, 0) is 0 Å². The van der Waals surface area contributed by atoms with Crippen molar-refractivity contribution in [3.05, 3.63) is 47.7 Å². The standard InChI is InChI=1S/C13H12N2O/c1-9-12(6-7-13(14)15-9)11-4-2-10(8-16)3-5-11/h2-8H,1H3,(H2,14,15). The molecule has 0 fully saturated rings. The van der Waals surface area contributed by atoms with Gasteiger partial charge in [0.25, 0.3) is 0 Å². The van der Waals surface area contributed by atoms with Gasteiger partial charge in [-0.2, -0.15) is 0 Å². The van der Waals surface area contributed by atoms with Gasteiger partial charge < -0.3 is 5.73 Å². The third-order valence-electron chi connectivity index (χ3n) is 2.47. The van der Waals surface area contributed by atoms with Crippen LogP contribution in [0.2, 0.25) is 0 Å². The number of nitrogens with zero attached hydrogens (tertiary/aromatic N) is 1. The van der Waals surface area contributed by atoms with E-state index < -0.39 is 0 Å². The highest BCUT2D eigenvalue weighted by Crippen LogP contribution is 2.22. The van der Waals surface area contributed by atoms with Crippen molar-refractivity contribution in [1.82, 2.24) is 4.98 Å². The van der Waals surface area contributed by atoms with Crippen LogP contribution < -0.4 is 5.73 Å². The van der Waals surface area contributed by atoms with Crippen LogP contribution in [0.1, 0.15) is 16.1 Å². The Morgan fingerprint density at radius 1 is 1.12 bits per heavy atom. The van der Waals surface area contributed by atoms with E-state index >= 15 is 0 Å². The number of hydrogen-bond donors (Lipinski definition) is 1. The molecule has 1 aromatic heterocycles. The van der Waals surface area contributed by atoms with Crippen LogP contribution in [0.5, 0.6) is 0 Å². The number of aryl methyl sites for hydroxylation is 1. The van der Waals surface area contributed by atoms with Crippen molar-refractivity contribution in [2.24, 2.45) is 0 Å². The van der Waals surface area contributed by atoms with Crippen molar-refractivity contribution in [1.29, 1.82) is 0 Å². The van der Waals surface area contributed by atoms with E-state index in [1.807, 2.05) is 25.1 Å². The van der Waals surface area contributed by atoms with Gasteiger partial charge >= 0.3 is 0 Å². The Bertz CT molecular complexity index is 518. The van der Waals surface area contributed by atoms with E-state index in [9.17, 15) is 4.79 Å². The molecule has 0 spiro atoms. The third-order valence-corrected chi connectivity index (χ3v) is 2.47. The second kappa shape index (κ2) is 4.14. The molecule has 0 saturated carbocycles. The van der Waals surface area contributed by atoms with Crippen LogP contribution >= 0.6 is 0 Å². The average Bonchev–Trinajstić information content (AvgIpc) is 2.29. The van der Waals surface area contributed by atoms with Gasteiger partial charge in [-0.3, -0.25) is 4.79 Å². The zero-order valence-corrected chi connectivity index (χ0v) is 8.97. The molecule has 1 heterocycles. The Labute approximate surface area is 93.9 Å². The third kappa shape index (κ3) is 1.93. The predicted molar refractivity (Wildman–Crippen MR) is 64.2 cm³/mol. The Balaban J connectivity index is 2.46. The van der Waals surface area contributed by atoms with Crippen LogP contribution in [0.25, 0.3) is 11.1 Å². The van der Waals surface area contributed by atoms with Gasteiger partial charge in [0.05, 0.1) is 0 Å². The van der Waals surface area contributed by atoms with Crippen LogP contribution in [0, 0.1) is 6.92 Å². The first kappa shape index (κ1) is 10.4. The number of anilines is 1. The van der Waals surface area contributed by atoms with E-state index in [-0.39, 0.29) is 0 Å². The first-order valence-electron chi connectivity index (χ1n) is 4.99. The highest BCUT2D eigenvalue weighted by molar-refractivity contribution is 5.77. The minimum Gasteiger partial charge on any atom is -0.384 e. The summed E-state index contributed by atoms with van der Waals surface area (Å²) in [5.74, 6) is 0.519. The molecule has 0 bridgehead atoms. The molecule has 2 N–H and O–H groups in total. The summed E-state index contributed by atoms with van der Waals surface area (Å²) >= 11 is 0. The van der Waals surface area contributed by atoms with Gasteiger partial charge in [-0.15, -0.1) is 0 Å². The molecule has 0 radical (unpaired) electrons. The molecule has 0 aliphatic carbocycles. The lowest BCUT2D eigenvalue weighted by Crippen LogP contribution is -1.94. The first-order valence-corrected chi connectivity index (χ1v) is 4.99. The summed E-state index contributed by atoms with van der Waals surface area (Å²) < 4.78 is 0. The van der Waals surface area contributed by atoms with Crippen LogP contribution in [0.4, 0.5) is 5.82 Å². The second-order valence-electron chi connectivity index (χ2n) is 3.61. The molecule has 3 heteroatoms. The Morgan fingerprint density at radius 2 is 1.81 bits per heavy atom. The van der Waals surface area contributed by atoms with Gasteiger partial charge in [0.15, 0.2) is 0 Å². The van der Waals surface area contributed by atoms with E-state index in [0.29, 0.717) is 11.4 Å². The topological polar surface area (TPSA) is 56.0 Å². The molecule has 0 saturated heterocycles. The highest BCUT2D eigenvalue weighted by atomic mass is 16.1. The summed E-state index contributed by atoms with van der Waals surface area (Å²) in [6, 6.07) is 11.1. The lowest BCUT2D eigenvalue weighted by atomic mass is 10.0. The summed E-state index contributed by atoms with van der Waals surface area (Å²) in [4.78, 5) is 14.7. The molecule has 1 aromatic carbocycles. The zero-order valence-electron chi connectivity index (χ0n) is 8.97. The number of aromatic nitrogens is 1. The SMILES string of the molecule is Cc1nc(N)ccc1-c1ccc(C=O)cc1. The van der Waals surface area contributed by atoms with E-state index in [4.69, 9.17) is 5.73 Å². The number of aldehydes is 1. The van der Waals surface area contributed by atoms with Crippen molar-refractivity contribution >= 4 is 12.1 Å². The monoisotopic (exact) mass is 212 g/mol. The second-order valence-corrected chi connectivity index (χ2v) is 3.61. The molecule has 2 rings (SSSR count). The maximum atomic E-state index is 10.5. The van der Waals surface area contributed by atoms with Crippen molar-refractivity contribution in [3.63, 3.8) is 0 Å². The number of carbonyl (C=O) groups excluding carboxylic acids is 1. The number of hydrogen-bond acceptors (Lipinski definition) is 3. The molecule has 0 aliphatic heterocycles. The minimum atomic E-state index is 0.519. The lowest BCUT2D eigenvalue weighted by molar-refractivity contribution is 0.112. The molecular weight excluding hydrogens is 200 g/mol. The van der Waals surface area contributed by atoms with Gasteiger partial charge in [0.1, 0.15) is 12.1 Å². The molecule has 2 aromatic rings. The molecule has 0 atom stereocenters. The lowest BCUT2D eigenvalue weighted by Gasteiger charge is -2.06. The Kier molecular flexibility index (Phi) is 2.68. The van der Waals surface area contributed by atoms with Gasteiger partial charge in [0, 0.05) is 16.8 Å². The highest BCUT2D eigenvalue weighted by Gasteiger charge is 2.03. The fraction of sp³-hybridized carbons (Fsp3) is 0.0769. The zero-order chi connectivity index (χ0) is 11.5. The molecule has 0 unspecified atom stereocenters. The van der Waals surface area contributed by atoms with Crippen molar-refractivity contribution in [2.45, 2.75) is 6.92 Å². The molecule has 0 aliphatic rings. The summed E-state index contributed by atoms with van der Waals surface area (Å²) in [5, 5.41) is 0. The number of rotatable bonds is 2. The summed E-state index contributed by atoms with van der Waals surface area (Å²) in [6.07, 6.45) is 0.831. The summed E-state index contributed by atoms with van der Waals surface area (Å²) in [5.41, 5.74) is 9.22. The Morgan fingerprint density at radius 3 is 2.38 bits per heavy atom. The number of pyridine rings is 1. The fourth-order valence-corrected chi connectivity index (χ4v) is 1.63. The van der Waals surface area contributed by atoms with Crippen LogP contribution in [0.3, 0.4) is 0 Å². The van der Waals surface area contributed by atoms with Gasteiger partial charge in [-0.25, -0.2) is 4.98 Å². The Hall–Kier alpha value is -2.16. The van der Waals surface area contributed by atoms with Crippen molar-refractivity contribution < 1.29 is 4.79 Å². The van der Waals surface area contributed by atoms with E-state index in [1.165, 1.54) is 0 Å². The van der Waals surface area contributed by atoms with E-state index in [0.717, 1.165) is 23.1 Å². The molecular formula is C13H12N2O. The number of nitrogens with two attached hydrogens (primary N) is 1. The quantitative estimate of drug-likeness (QED) is 0.778. The first-order chi connectivity index (χ1) is 7.70. The molecule has 0 amide bonds. The maximum absolute atomic E-state index is 10.5. The molecule has 16 heavy (non-hydrogen) atoms. The van der Waals surface area contributed by atoms with Crippen LogP contribution in [-0.4, -0.2) is 11.3 Å². The van der Waals surface area contributed by atoms with Gasteiger partial charge in [-0.05, 0) is 24.6 Å². The summed E-state index contributed by atoms with van der Waals surface area (Å²) in [6.45, 7) is 1.92. The molecule has 3 nitrogen and oxygen atoms in total. The predicted octanol–water partition coefficient (Wildman–Crippen LogP) is 2.45. The van der Waals surface area contributed by atoms with Gasteiger partial charge in [-0.1, -0.05) is 24.3 Å². The number of nitrogen functional groups attached to an aromatic ring is 1. The van der Waals surface area contributed by atoms with E-state index in [2.05, 4.69) is 4.98 Å². The van der Waals surface area contributed by atoms with Crippen molar-refractivity contribution in [3.8, 4) is 11.1 Å². The largest absolute Gasteiger partial charge is 0.384 e. The minimum absolute atomic E-state index is 0.519. The number of carbonyl (C=O) groups is 1. The average molecular weight is 212 g/mol. The maximum Gasteiger partial charge on any atom is 0.150 e. The summed E-state index contributed by atoms with van der Waals surface area (Å²) in [7, 11) is 0. The van der Waals surface area contributed by atoms with Gasteiger partial charge in [0.2, 0.25) is 0 Å². The normalized spacial score (nSPS) is 10.1. The fourth-order valence-electron chi connectivity index (χ4n) is 1.63. The van der Waals surface area contributed by atoms with E-state index in [1.54, 1.807) is 18.2 Å². The number of benzene rings is 1.